The number of ketones is 1. The van der Waals surface area contributed by atoms with E-state index < -0.39 is 0 Å². The summed E-state index contributed by atoms with van der Waals surface area (Å²) >= 11 is 0. The number of carbonyl (C=O) groups is 1. The molecule has 2 aromatic carbocycles. The molecule has 0 unspecified atom stereocenters. The first-order valence-electron chi connectivity index (χ1n) is 9.90. The van der Waals surface area contributed by atoms with Gasteiger partial charge in [0.15, 0.2) is 17.3 Å². The van der Waals surface area contributed by atoms with E-state index in [1.54, 1.807) is 42.7 Å². The molecule has 0 N–H and O–H groups in total. The molecule has 0 radical (unpaired) electrons. The first kappa shape index (κ1) is 18.8. The minimum Gasteiger partial charge on any atom is -0.454 e. The molecule has 0 saturated heterocycles. The summed E-state index contributed by atoms with van der Waals surface area (Å²) in [5.41, 5.74) is 4.20. The van der Waals surface area contributed by atoms with Crippen LogP contribution < -0.4 is 9.47 Å². The van der Waals surface area contributed by atoms with Crippen LogP contribution in [0.4, 0.5) is 0 Å². The average Bonchev–Trinajstić information content (AvgIpc) is 3.45. The summed E-state index contributed by atoms with van der Waals surface area (Å²) in [5.74, 6) is 1.12. The third-order valence-corrected chi connectivity index (χ3v) is 4.98. The van der Waals surface area contributed by atoms with Crippen molar-refractivity contribution in [3.63, 3.8) is 0 Å². The van der Waals surface area contributed by atoms with E-state index in [4.69, 9.17) is 14.6 Å². The number of ether oxygens (including phenoxy) is 2. The van der Waals surface area contributed by atoms with Crippen molar-refractivity contribution < 1.29 is 14.3 Å². The van der Waals surface area contributed by atoms with Crippen LogP contribution in [-0.2, 0) is 6.54 Å². The van der Waals surface area contributed by atoms with Crippen LogP contribution in [0.3, 0.4) is 0 Å². The number of hydrogen-bond donors (Lipinski definition) is 0. The van der Waals surface area contributed by atoms with Gasteiger partial charge in [-0.15, -0.1) is 0 Å². The Morgan fingerprint density at radius 1 is 1.03 bits per heavy atom. The fraction of sp³-hybridized carbons (Fsp3) is 0.0800. The fourth-order valence-corrected chi connectivity index (χ4v) is 3.45. The quantitative estimate of drug-likeness (QED) is 0.343. The molecule has 2 aromatic heterocycles. The van der Waals surface area contributed by atoms with Crippen molar-refractivity contribution in [2.75, 3.05) is 6.79 Å². The highest BCUT2D eigenvalue weighted by Gasteiger charge is 2.16. The van der Waals surface area contributed by atoms with E-state index in [1.165, 1.54) is 0 Å². The van der Waals surface area contributed by atoms with Crippen molar-refractivity contribution in [3.05, 3.63) is 102 Å². The standard InChI is InChI=1S/C25H19N3O3/c29-22(19-9-11-23-24(13-19)31-17-30-23)10-8-21-16-28(15-18-5-2-1-3-6-18)27-25(21)20-7-4-12-26-14-20/h1-14,16H,15,17H2/b10-8+. The molecule has 6 nitrogen and oxygen atoms in total. The highest BCUT2D eigenvalue weighted by Crippen LogP contribution is 2.32. The van der Waals surface area contributed by atoms with Gasteiger partial charge < -0.3 is 9.47 Å². The van der Waals surface area contributed by atoms with Gasteiger partial charge in [-0.05, 0) is 48.0 Å². The zero-order chi connectivity index (χ0) is 21.0. The number of carbonyl (C=O) groups excluding carboxylic acids is 1. The summed E-state index contributed by atoms with van der Waals surface area (Å²) in [6.07, 6.45) is 8.79. The average molecular weight is 409 g/mol. The second-order valence-corrected chi connectivity index (χ2v) is 7.12. The Labute approximate surface area is 179 Å². The van der Waals surface area contributed by atoms with Crippen LogP contribution in [0.5, 0.6) is 11.5 Å². The number of nitrogens with zero attached hydrogens (tertiary/aromatic N) is 3. The monoisotopic (exact) mass is 409 g/mol. The number of aromatic nitrogens is 3. The smallest absolute Gasteiger partial charge is 0.231 e. The van der Waals surface area contributed by atoms with Gasteiger partial charge in [0.05, 0.1) is 6.54 Å². The minimum absolute atomic E-state index is 0.119. The zero-order valence-electron chi connectivity index (χ0n) is 16.6. The molecule has 1 aliphatic rings. The Balaban J connectivity index is 1.44. The third kappa shape index (κ3) is 4.09. The Morgan fingerprint density at radius 3 is 2.74 bits per heavy atom. The van der Waals surface area contributed by atoms with Gasteiger partial charge in [-0.3, -0.25) is 14.5 Å². The van der Waals surface area contributed by atoms with E-state index in [9.17, 15) is 4.79 Å². The fourth-order valence-electron chi connectivity index (χ4n) is 3.45. The molecule has 31 heavy (non-hydrogen) atoms. The molecular formula is C25H19N3O3. The number of rotatable bonds is 6. The van der Waals surface area contributed by atoms with Gasteiger partial charge in [0.2, 0.25) is 6.79 Å². The van der Waals surface area contributed by atoms with Gasteiger partial charge in [-0.1, -0.05) is 30.3 Å². The molecule has 0 aliphatic carbocycles. The lowest BCUT2D eigenvalue weighted by molar-refractivity contribution is 0.104. The Kier molecular flexibility index (Phi) is 5.02. The molecule has 0 saturated carbocycles. The van der Waals surface area contributed by atoms with E-state index in [0.717, 1.165) is 22.4 Å². The van der Waals surface area contributed by atoms with Crippen LogP contribution in [0.25, 0.3) is 17.3 Å². The summed E-state index contributed by atoms with van der Waals surface area (Å²) in [6, 6.07) is 19.1. The second-order valence-electron chi connectivity index (χ2n) is 7.12. The topological polar surface area (TPSA) is 66.2 Å². The van der Waals surface area contributed by atoms with Gasteiger partial charge >= 0.3 is 0 Å². The van der Waals surface area contributed by atoms with E-state index in [2.05, 4.69) is 17.1 Å². The first-order valence-corrected chi connectivity index (χ1v) is 9.90. The van der Waals surface area contributed by atoms with Gasteiger partial charge in [-0.2, -0.15) is 5.10 Å². The lowest BCUT2D eigenvalue weighted by Gasteiger charge is -2.01. The highest BCUT2D eigenvalue weighted by molar-refractivity contribution is 6.07. The van der Waals surface area contributed by atoms with Crippen molar-refractivity contribution in [1.29, 1.82) is 0 Å². The zero-order valence-corrected chi connectivity index (χ0v) is 16.6. The maximum atomic E-state index is 12.7. The van der Waals surface area contributed by atoms with Gasteiger partial charge in [0, 0.05) is 35.3 Å². The first-order chi connectivity index (χ1) is 15.3. The summed E-state index contributed by atoms with van der Waals surface area (Å²) in [6.45, 7) is 0.815. The van der Waals surface area contributed by atoms with Crippen molar-refractivity contribution in [3.8, 4) is 22.8 Å². The minimum atomic E-state index is -0.119. The molecule has 0 amide bonds. The van der Waals surface area contributed by atoms with Crippen LogP contribution in [0.15, 0.2) is 85.3 Å². The van der Waals surface area contributed by atoms with Gasteiger partial charge in [0.1, 0.15) is 5.69 Å². The molecule has 0 atom stereocenters. The lowest BCUT2D eigenvalue weighted by Crippen LogP contribution is -2.00. The molecule has 3 heterocycles. The number of allylic oxidation sites excluding steroid dienone is 1. The molecule has 0 bridgehead atoms. The van der Waals surface area contributed by atoms with Crippen LogP contribution in [0.2, 0.25) is 0 Å². The summed E-state index contributed by atoms with van der Waals surface area (Å²) < 4.78 is 12.6. The summed E-state index contributed by atoms with van der Waals surface area (Å²) in [4.78, 5) is 16.9. The Hall–Kier alpha value is -4.19. The third-order valence-electron chi connectivity index (χ3n) is 4.98. The predicted octanol–water partition coefficient (Wildman–Crippen LogP) is 4.62. The lowest BCUT2D eigenvalue weighted by atomic mass is 10.1. The van der Waals surface area contributed by atoms with Crippen LogP contribution in [-0.4, -0.2) is 27.3 Å². The molecule has 152 valence electrons. The Bertz CT molecular complexity index is 1250. The molecule has 6 heteroatoms. The van der Waals surface area contributed by atoms with E-state index in [1.807, 2.05) is 41.2 Å². The molecule has 1 aliphatic heterocycles. The van der Waals surface area contributed by atoms with E-state index >= 15 is 0 Å². The molecule has 0 spiro atoms. The molecular weight excluding hydrogens is 390 g/mol. The summed E-state index contributed by atoms with van der Waals surface area (Å²) in [5, 5.41) is 4.75. The maximum absolute atomic E-state index is 12.7. The Morgan fingerprint density at radius 2 is 1.90 bits per heavy atom. The van der Waals surface area contributed by atoms with Crippen molar-refractivity contribution in [2.24, 2.45) is 0 Å². The molecule has 0 fully saturated rings. The number of benzene rings is 2. The second kappa shape index (κ2) is 8.28. The molecule has 5 rings (SSSR count). The molecule has 4 aromatic rings. The van der Waals surface area contributed by atoms with Gasteiger partial charge in [-0.25, -0.2) is 0 Å². The number of pyridine rings is 1. The normalized spacial score (nSPS) is 12.4. The maximum Gasteiger partial charge on any atom is 0.231 e. The SMILES string of the molecule is O=C(/C=C/c1cn(Cc2ccccc2)nc1-c1cccnc1)c1ccc2c(c1)OCO2. The number of fused-ring (bicyclic) bond motifs is 1. The summed E-state index contributed by atoms with van der Waals surface area (Å²) in [7, 11) is 0. The van der Waals surface area contributed by atoms with E-state index in [-0.39, 0.29) is 12.6 Å². The van der Waals surface area contributed by atoms with E-state index in [0.29, 0.717) is 23.6 Å². The van der Waals surface area contributed by atoms with Crippen molar-refractivity contribution in [2.45, 2.75) is 6.54 Å². The predicted molar refractivity (Wildman–Crippen MR) is 117 cm³/mol. The number of hydrogen-bond acceptors (Lipinski definition) is 5. The van der Waals surface area contributed by atoms with Crippen LogP contribution in [0, 0.1) is 0 Å². The largest absolute Gasteiger partial charge is 0.454 e. The van der Waals surface area contributed by atoms with Crippen molar-refractivity contribution in [1.82, 2.24) is 14.8 Å². The highest BCUT2D eigenvalue weighted by atomic mass is 16.7. The van der Waals surface area contributed by atoms with Gasteiger partial charge in [0.25, 0.3) is 0 Å². The van der Waals surface area contributed by atoms with Crippen LogP contribution in [0.1, 0.15) is 21.5 Å². The van der Waals surface area contributed by atoms with Crippen molar-refractivity contribution >= 4 is 11.9 Å². The van der Waals surface area contributed by atoms with Crippen LogP contribution >= 0.6 is 0 Å².